The SMILES string of the molecule is CCN(CC)CCCN=C(N)Nc1ccc(OC)cc1. The molecular weight excluding hydrogens is 252 g/mol. The fourth-order valence-electron chi connectivity index (χ4n) is 1.90. The molecule has 5 heteroatoms. The molecule has 0 aliphatic rings. The number of ether oxygens (including phenoxy) is 1. The smallest absolute Gasteiger partial charge is 0.193 e. The fraction of sp³-hybridized carbons (Fsp3) is 0.533. The zero-order valence-corrected chi connectivity index (χ0v) is 12.7. The minimum absolute atomic E-state index is 0.453. The van der Waals surface area contributed by atoms with Crippen molar-refractivity contribution in [1.29, 1.82) is 0 Å². The first-order chi connectivity index (χ1) is 9.69. The van der Waals surface area contributed by atoms with Gasteiger partial charge in [-0.15, -0.1) is 0 Å². The molecule has 0 amide bonds. The number of aliphatic imine (C=N–C) groups is 1. The number of benzene rings is 1. The van der Waals surface area contributed by atoms with Crippen molar-refractivity contribution < 1.29 is 4.74 Å². The summed E-state index contributed by atoms with van der Waals surface area (Å²) in [4.78, 5) is 6.71. The van der Waals surface area contributed by atoms with Crippen molar-refractivity contribution in [2.75, 3.05) is 38.6 Å². The molecule has 112 valence electrons. The summed E-state index contributed by atoms with van der Waals surface area (Å²) in [5, 5.41) is 3.07. The first-order valence-electron chi connectivity index (χ1n) is 7.13. The number of nitrogens with zero attached hydrogens (tertiary/aromatic N) is 2. The molecule has 0 spiro atoms. The van der Waals surface area contributed by atoms with E-state index in [1.54, 1.807) is 7.11 Å². The summed E-state index contributed by atoms with van der Waals surface area (Å²) < 4.78 is 5.10. The molecule has 1 aromatic rings. The molecule has 20 heavy (non-hydrogen) atoms. The lowest BCUT2D eigenvalue weighted by molar-refractivity contribution is 0.302. The van der Waals surface area contributed by atoms with E-state index in [0.717, 1.165) is 44.0 Å². The van der Waals surface area contributed by atoms with Crippen molar-refractivity contribution in [3.05, 3.63) is 24.3 Å². The second-order valence-electron chi connectivity index (χ2n) is 4.50. The lowest BCUT2D eigenvalue weighted by Crippen LogP contribution is -2.26. The molecule has 0 unspecified atom stereocenters. The van der Waals surface area contributed by atoms with Gasteiger partial charge in [-0.25, -0.2) is 0 Å². The summed E-state index contributed by atoms with van der Waals surface area (Å²) in [6.07, 6.45) is 1.02. The van der Waals surface area contributed by atoms with Crippen LogP contribution in [-0.2, 0) is 0 Å². The van der Waals surface area contributed by atoms with Gasteiger partial charge in [0, 0.05) is 12.2 Å². The summed E-state index contributed by atoms with van der Waals surface area (Å²) in [7, 11) is 1.65. The van der Waals surface area contributed by atoms with Crippen LogP contribution in [0.1, 0.15) is 20.3 Å². The van der Waals surface area contributed by atoms with Crippen LogP contribution in [0.2, 0.25) is 0 Å². The van der Waals surface area contributed by atoms with E-state index in [2.05, 4.69) is 29.1 Å². The summed E-state index contributed by atoms with van der Waals surface area (Å²) in [5.41, 5.74) is 6.76. The van der Waals surface area contributed by atoms with Crippen LogP contribution in [-0.4, -0.2) is 44.1 Å². The van der Waals surface area contributed by atoms with Crippen molar-refractivity contribution in [2.45, 2.75) is 20.3 Å². The molecule has 5 nitrogen and oxygen atoms in total. The van der Waals surface area contributed by atoms with E-state index in [1.165, 1.54) is 0 Å². The molecule has 0 aliphatic carbocycles. The topological polar surface area (TPSA) is 62.9 Å². The first kappa shape index (κ1) is 16.3. The second-order valence-corrected chi connectivity index (χ2v) is 4.50. The molecule has 0 heterocycles. The Morgan fingerprint density at radius 3 is 2.45 bits per heavy atom. The Morgan fingerprint density at radius 1 is 1.25 bits per heavy atom. The zero-order chi connectivity index (χ0) is 14.8. The Hall–Kier alpha value is -1.75. The van der Waals surface area contributed by atoms with Crippen LogP contribution < -0.4 is 15.8 Å². The number of anilines is 1. The molecule has 1 rings (SSSR count). The minimum Gasteiger partial charge on any atom is -0.497 e. The van der Waals surface area contributed by atoms with E-state index in [4.69, 9.17) is 10.5 Å². The molecule has 0 aromatic heterocycles. The highest BCUT2D eigenvalue weighted by atomic mass is 16.5. The summed E-state index contributed by atoms with van der Waals surface area (Å²) in [6.45, 7) is 8.32. The summed E-state index contributed by atoms with van der Waals surface area (Å²) >= 11 is 0. The Kier molecular flexibility index (Phi) is 7.50. The van der Waals surface area contributed by atoms with E-state index in [0.29, 0.717) is 5.96 Å². The number of nitrogens with one attached hydrogen (secondary N) is 1. The van der Waals surface area contributed by atoms with Crippen LogP contribution in [0.3, 0.4) is 0 Å². The lowest BCUT2D eigenvalue weighted by atomic mass is 10.3. The van der Waals surface area contributed by atoms with Crippen molar-refractivity contribution in [3.63, 3.8) is 0 Å². The van der Waals surface area contributed by atoms with Crippen LogP contribution in [0, 0.1) is 0 Å². The minimum atomic E-state index is 0.453. The predicted octanol–water partition coefficient (Wildman–Crippen LogP) is 2.15. The van der Waals surface area contributed by atoms with Crippen LogP contribution in [0.5, 0.6) is 5.75 Å². The highest BCUT2D eigenvalue weighted by molar-refractivity contribution is 5.92. The maximum Gasteiger partial charge on any atom is 0.193 e. The maximum absolute atomic E-state index is 5.85. The number of rotatable bonds is 8. The van der Waals surface area contributed by atoms with Gasteiger partial charge in [-0.2, -0.15) is 0 Å². The maximum atomic E-state index is 5.85. The van der Waals surface area contributed by atoms with E-state index < -0.39 is 0 Å². The van der Waals surface area contributed by atoms with Gasteiger partial charge >= 0.3 is 0 Å². The van der Waals surface area contributed by atoms with Crippen molar-refractivity contribution >= 4 is 11.6 Å². The van der Waals surface area contributed by atoms with Gasteiger partial charge in [0.05, 0.1) is 7.11 Å². The second kappa shape index (κ2) is 9.20. The third-order valence-electron chi connectivity index (χ3n) is 3.17. The van der Waals surface area contributed by atoms with Gasteiger partial charge in [-0.3, -0.25) is 4.99 Å². The van der Waals surface area contributed by atoms with E-state index >= 15 is 0 Å². The van der Waals surface area contributed by atoms with Gasteiger partial charge in [0.25, 0.3) is 0 Å². The molecule has 0 bridgehead atoms. The lowest BCUT2D eigenvalue weighted by Gasteiger charge is -2.16. The molecule has 3 N–H and O–H groups in total. The average Bonchev–Trinajstić information content (AvgIpc) is 2.48. The average molecular weight is 278 g/mol. The van der Waals surface area contributed by atoms with Crippen LogP contribution in [0.4, 0.5) is 5.69 Å². The van der Waals surface area contributed by atoms with Gasteiger partial charge in [0.1, 0.15) is 5.75 Å². The number of hydrogen-bond acceptors (Lipinski definition) is 3. The Balaban J connectivity index is 2.33. The van der Waals surface area contributed by atoms with E-state index in [1.807, 2.05) is 24.3 Å². The Bertz CT molecular complexity index is 399. The van der Waals surface area contributed by atoms with Crippen LogP contribution in [0.15, 0.2) is 29.3 Å². The van der Waals surface area contributed by atoms with Gasteiger partial charge in [-0.1, -0.05) is 13.8 Å². The van der Waals surface area contributed by atoms with Gasteiger partial charge in [-0.05, 0) is 50.3 Å². The molecule has 0 atom stereocenters. The van der Waals surface area contributed by atoms with Crippen LogP contribution >= 0.6 is 0 Å². The molecule has 0 saturated heterocycles. The standard InChI is InChI=1S/C15H26N4O/c1-4-19(5-2)12-6-11-17-15(16)18-13-7-9-14(20-3)10-8-13/h7-10H,4-6,11-12H2,1-3H3,(H3,16,17,18). The number of nitrogens with two attached hydrogens (primary N) is 1. The van der Waals surface area contributed by atoms with Gasteiger partial charge < -0.3 is 20.7 Å². The van der Waals surface area contributed by atoms with Gasteiger partial charge in [0.2, 0.25) is 0 Å². The monoisotopic (exact) mass is 278 g/mol. The quantitative estimate of drug-likeness (QED) is 0.434. The third-order valence-corrected chi connectivity index (χ3v) is 3.17. The van der Waals surface area contributed by atoms with E-state index in [9.17, 15) is 0 Å². The molecule has 0 fully saturated rings. The Labute approximate surface area is 121 Å². The molecule has 0 radical (unpaired) electrons. The summed E-state index contributed by atoms with van der Waals surface area (Å²) in [5.74, 6) is 1.28. The van der Waals surface area contributed by atoms with Gasteiger partial charge in [0.15, 0.2) is 5.96 Å². The molecular formula is C15H26N4O. The predicted molar refractivity (Wildman–Crippen MR) is 85.5 cm³/mol. The normalized spacial score (nSPS) is 11.7. The fourth-order valence-corrected chi connectivity index (χ4v) is 1.90. The Morgan fingerprint density at radius 2 is 1.90 bits per heavy atom. The van der Waals surface area contributed by atoms with Crippen molar-refractivity contribution in [1.82, 2.24) is 4.90 Å². The number of methoxy groups -OCH3 is 1. The summed E-state index contributed by atoms with van der Waals surface area (Å²) in [6, 6.07) is 7.60. The molecule has 0 aliphatic heterocycles. The first-order valence-corrected chi connectivity index (χ1v) is 7.13. The number of hydrogen-bond donors (Lipinski definition) is 2. The highest BCUT2D eigenvalue weighted by Crippen LogP contribution is 2.14. The molecule has 0 saturated carbocycles. The largest absolute Gasteiger partial charge is 0.497 e. The molecule has 1 aromatic carbocycles. The van der Waals surface area contributed by atoms with Crippen molar-refractivity contribution in [2.24, 2.45) is 10.7 Å². The van der Waals surface area contributed by atoms with Crippen molar-refractivity contribution in [3.8, 4) is 5.75 Å². The highest BCUT2D eigenvalue weighted by Gasteiger charge is 1.98. The van der Waals surface area contributed by atoms with Crippen LogP contribution in [0.25, 0.3) is 0 Å². The third kappa shape index (κ3) is 5.93. The number of guanidine groups is 1. The van der Waals surface area contributed by atoms with E-state index in [-0.39, 0.29) is 0 Å². The zero-order valence-electron chi connectivity index (χ0n) is 12.7.